The van der Waals surface area contributed by atoms with E-state index in [0.717, 1.165) is 0 Å². The van der Waals surface area contributed by atoms with Gasteiger partial charge in [0, 0.05) is 0 Å². The number of nitrogens with zero attached hydrogens (tertiary/aromatic N) is 2. The van der Waals surface area contributed by atoms with Gasteiger partial charge in [0.05, 0.1) is 12.4 Å². The van der Waals surface area contributed by atoms with Crippen molar-refractivity contribution in [3.05, 3.63) is 58.5 Å². The molecule has 2 aromatic heterocycles. The SMILES string of the molecule is O=c1c(Oc2cccc(C3CC3)c2)c[nH]n2nccc12. The lowest BCUT2D eigenvalue weighted by atomic mass is 10.1. The molecule has 1 aliphatic carbocycles. The summed E-state index contributed by atoms with van der Waals surface area (Å²) >= 11 is 0. The fourth-order valence-corrected chi connectivity index (χ4v) is 2.34. The maximum Gasteiger partial charge on any atom is 0.249 e. The molecule has 4 rings (SSSR count). The molecule has 1 saturated carbocycles. The second-order valence-electron chi connectivity index (χ2n) is 5.04. The summed E-state index contributed by atoms with van der Waals surface area (Å²) in [6.45, 7) is 0. The predicted molar refractivity (Wildman–Crippen MR) is 74.3 cm³/mol. The van der Waals surface area contributed by atoms with Crippen LogP contribution in [0, 0.1) is 0 Å². The third kappa shape index (κ3) is 1.87. The molecule has 0 unspecified atom stereocenters. The lowest BCUT2D eigenvalue weighted by molar-refractivity contribution is 0.472. The van der Waals surface area contributed by atoms with Crippen molar-refractivity contribution in [1.29, 1.82) is 0 Å². The Morgan fingerprint density at radius 2 is 2.20 bits per heavy atom. The highest BCUT2D eigenvalue weighted by Gasteiger charge is 2.23. The zero-order chi connectivity index (χ0) is 13.5. The van der Waals surface area contributed by atoms with Gasteiger partial charge in [0.2, 0.25) is 5.43 Å². The highest BCUT2D eigenvalue weighted by atomic mass is 16.5. The van der Waals surface area contributed by atoms with Gasteiger partial charge in [-0.25, -0.2) is 0 Å². The number of hydrogen-bond donors (Lipinski definition) is 1. The summed E-state index contributed by atoms with van der Waals surface area (Å²) in [5.41, 5.74) is 1.59. The summed E-state index contributed by atoms with van der Waals surface area (Å²) in [4.78, 5) is 12.2. The third-order valence-corrected chi connectivity index (χ3v) is 3.55. The van der Waals surface area contributed by atoms with E-state index in [-0.39, 0.29) is 11.2 Å². The van der Waals surface area contributed by atoms with E-state index in [9.17, 15) is 4.79 Å². The van der Waals surface area contributed by atoms with E-state index in [1.54, 1.807) is 12.3 Å². The number of H-pyrrole nitrogens is 1. The third-order valence-electron chi connectivity index (χ3n) is 3.55. The van der Waals surface area contributed by atoms with E-state index in [0.29, 0.717) is 17.2 Å². The Morgan fingerprint density at radius 3 is 3.05 bits per heavy atom. The van der Waals surface area contributed by atoms with Crippen molar-refractivity contribution in [2.24, 2.45) is 0 Å². The van der Waals surface area contributed by atoms with Crippen LogP contribution in [0.15, 0.2) is 47.5 Å². The number of aromatic amines is 1. The number of nitrogens with one attached hydrogen (secondary N) is 1. The van der Waals surface area contributed by atoms with Gasteiger partial charge in [0.1, 0.15) is 11.3 Å². The molecule has 1 aliphatic rings. The predicted octanol–water partition coefficient (Wildman–Crippen LogP) is 2.69. The number of benzene rings is 1. The molecular formula is C15H13N3O2. The summed E-state index contributed by atoms with van der Waals surface area (Å²) in [6, 6.07) is 9.61. The first-order valence-corrected chi connectivity index (χ1v) is 6.64. The fraction of sp³-hybridized carbons (Fsp3) is 0.200. The van der Waals surface area contributed by atoms with Crippen LogP contribution in [0.1, 0.15) is 24.3 Å². The highest BCUT2D eigenvalue weighted by Crippen LogP contribution is 2.41. The second kappa shape index (κ2) is 4.23. The van der Waals surface area contributed by atoms with Gasteiger partial charge < -0.3 is 4.74 Å². The highest BCUT2D eigenvalue weighted by molar-refractivity contribution is 5.49. The molecule has 0 aliphatic heterocycles. The molecule has 2 heterocycles. The van der Waals surface area contributed by atoms with Gasteiger partial charge in [0.15, 0.2) is 5.75 Å². The van der Waals surface area contributed by atoms with Crippen molar-refractivity contribution in [3.63, 3.8) is 0 Å². The van der Waals surface area contributed by atoms with Crippen molar-refractivity contribution < 1.29 is 4.74 Å². The normalized spacial score (nSPS) is 14.6. The van der Waals surface area contributed by atoms with Crippen LogP contribution in [0.25, 0.3) is 5.52 Å². The number of aromatic nitrogens is 3. The molecule has 100 valence electrons. The van der Waals surface area contributed by atoms with Gasteiger partial charge in [-0.05, 0) is 42.5 Å². The van der Waals surface area contributed by atoms with E-state index in [4.69, 9.17) is 4.74 Å². The van der Waals surface area contributed by atoms with Gasteiger partial charge in [0.25, 0.3) is 0 Å². The maximum atomic E-state index is 12.2. The minimum Gasteiger partial charge on any atom is -0.452 e. The van der Waals surface area contributed by atoms with Crippen molar-refractivity contribution >= 4 is 5.52 Å². The van der Waals surface area contributed by atoms with Crippen molar-refractivity contribution in [2.45, 2.75) is 18.8 Å². The first-order valence-electron chi connectivity index (χ1n) is 6.64. The molecule has 0 bridgehead atoms. The van der Waals surface area contributed by atoms with Gasteiger partial charge in [-0.1, -0.05) is 12.1 Å². The van der Waals surface area contributed by atoms with E-state index in [2.05, 4.69) is 16.3 Å². The number of rotatable bonds is 3. The summed E-state index contributed by atoms with van der Waals surface area (Å²) in [5.74, 6) is 1.64. The molecule has 0 amide bonds. The Morgan fingerprint density at radius 1 is 1.30 bits per heavy atom. The number of ether oxygens (including phenoxy) is 1. The van der Waals surface area contributed by atoms with E-state index in [1.807, 2.05) is 18.2 Å². The summed E-state index contributed by atoms with van der Waals surface area (Å²) in [6.07, 6.45) is 5.59. The summed E-state index contributed by atoms with van der Waals surface area (Å²) < 4.78 is 7.15. The molecule has 5 heteroatoms. The number of fused-ring (bicyclic) bond motifs is 1. The van der Waals surface area contributed by atoms with Crippen LogP contribution in [-0.4, -0.2) is 14.8 Å². The Labute approximate surface area is 114 Å². The Hall–Kier alpha value is -2.56. The zero-order valence-electron chi connectivity index (χ0n) is 10.7. The first-order chi connectivity index (χ1) is 9.81. The minimum absolute atomic E-state index is 0.168. The molecule has 0 radical (unpaired) electrons. The zero-order valence-corrected chi connectivity index (χ0v) is 10.7. The lowest BCUT2D eigenvalue weighted by Crippen LogP contribution is -2.10. The number of hydrogen-bond acceptors (Lipinski definition) is 3. The molecule has 0 saturated heterocycles. The Kier molecular flexibility index (Phi) is 2.39. The van der Waals surface area contributed by atoms with Crippen LogP contribution < -0.4 is 10.2 Å². The topological polar surface area (TPSA) is 59.4 Å². The molecular weight excluding hydrogens is 254 g/mol. The smallest absolute Gasteiger partial charge is 0.249 e. The molecule has 5 nitrogen and oxygen atoms in total. The van der Waals surface area contributed by atoms with Gasteiger partial charge in [-0.15, -0.1) is 0 Å². The standard InChI is InChI=1S/C15H13N3O2/c19-15-13-6-7-16-18(13)17-9-14(15)20-12-3-1-2-11(8-12)10-4-5-10/h1-3,6-10,17H,4-5H2. The van der Waals surface area contributed by atoms with Gasteiger partial charge >= 0.3 is 0 Å². The Balaban J connectivity index is 1.71. The van der Waals surface area contributed by atoms with Gasteiger partial charge in [-0.3, -0.25) is 9.89 Å². The Bertz CT molecular complexity index is 830. The van der Waals surface area contributed by atoms with E-state index < -0.39 is 0 Å². The van der Waals surface area contributed by atoms with Crippen LogP contribution in [0.2, 0.25) is 0 Å². The molecule has 0 atom stereocenters. The van der Waals surface area contributed by atoms with Crippen LogP contribution >= 0.6 is 0 Å². The van der Waals surface area contributed by atoms with E-state index in [1.165, 1.54) is 29.2 Å². The fourth-order valence-electron chi connectivity index (χ4n) is 2.34. The average molecular weight is 267 g/mol. The largest absolute Gasteiger partial charge is 0.452 e. The molecule has 20 heavy (non-hydrogen) atoms. The maximum absolute atomic E-state index is 12.2. The van der Waals surface area contributed by atoms with Crippen LogP contribution in [0.5, 0.6) is 11.5 Å². The molecule has 3 aromatic rings. The van der Waals surface area contributed by atoms with E-state index >= 15 is 0 Å². The summed E-state index contributed by atoms with van der Waals surface area (Å²) in [7, 11) is 0. The average Bonchev–Trinajstić information content (AvgIpc) is 3.21. The first kappa shape index (κ1) is 11.3. The van der Waals surface area contributed by atoms with Crippen LogP contribution in [0.4, 0.5) is 0 Å². The van der Waals surface area contributed by atoms with Gasteiger partial charge in [-0.2, -0.15) is 9.73 Å². The van der Waals surface area contributed by atoms with Crippen molar-refractivity contribution in [2.75, 3.05) is 0 Å². The van der Waals surface area contributed by atoms with Crippen molar-refractivity contribution in [1.82, 2.24) is 14.8 Å². The minimum atomic E-state index is -0.168. The molecule has 1 N–H and O–H groups in total. The molecule has 1 fully saturated rings. The molecule has 0 spiro atoms. The molecule has 1 aromatic carbocycles. The lowest BCUT2D eigenvalue weighted by Gasteiger charge is -2.07. The van der Waals surface area contributed by atoms with Crippen LogP contribution in [-0.2, 0) is 0 Å². The monoisotopic (exact) mass is 267 g/mol. The quantitative estimate of drug-likeness (QED) is 0.793. The summed E-state index contributed by atoms with van der Waals surface area (Å²) in [5, 5.41) is 6.87. The van der Waals surface area contributed by atoms with Crippen LogP contribution in [0.3, 0.4) is 0 Å². The van der Waals surface area contributed by atoms with Crippen molar-refractivity contribution in [3.8, 4) is 11.5 Å². The second-order valence-corrected chi connectivity index (χ2v) is 5.04.